The average molecular weight is 159 g/mol. The van der Waals surface area contributed by atoms with Crippen LogP contribution in [0.15, 0.2) is 22.5 Å². The van der Waals surface area contributed by atoms with Crippen LogP contribution in [0, 0.1) is 10.1 Å². The highest BCUT2D eigenvalue weighted by Gasteiger charge is 2.25. The maximum absolute atomic E-state index is 10.1. The molecule has 0 saturated carbocycles. The van der Waals surface area contributed by atoms with E-state index >= 15 is 0 Å². The van der Waals surface area contributed by atoms with E-state index in [9.17, 15) is 10.1 Å². The van der Waals surface area contributed by atoms with Crippen LogP contribution in [0.4, 0.5) is 0 Å². The van der Waals surface area contributed by atoms with Gasteiger partial charge in [-0.15, -0.1) is 0 Å². The van der Waals surface area contributed by atoms with Gasteiger partial charge >= 0.3 is 5.03 Å². The molecule has 6 heteroatoms. The lowest BCUT2D eigenvalue weighted by atomic mass is 10.7. The maximum Gasteiger partial charge on any atom is 0.349 e. The molecule has 10 heavy (non-hydrogen) atoms. The van der Waals surface area contributed by atoms with Gasteiger partial charge < -0.3 is 11.1 Å². The van der Waals surface area contributed by atoms with Crippen molar-refractivity contribution in [3.63, 3.8) is 0 Å². The van der Waals surface area contributed by atoms with Crippen LogP contribution in [-0.4, -0.2) is 4.92 Å². The molecule has 0 saturated heterocycles. The fraction of sp³-hybridized carbons (Fsp3) is 0. The summed E-state index contributed by atoms with van der Waals surface area (Å²) in [7, 11) is 0. The van der Waals surface area contributed by atoms with Crippen molar-refractivity contribution < 1.29 is 4.92 Å². The van der Waals surface area contributed by atoms with Crippen LogP contribution in [0.2, 0.25) is 0 Å². The number of thioether (sulfide) groups is 1. The quantitative estimate of drug-likeness (QED) is 0.420. The summed E-state index contributed by atoms with van der Waals surface area (Å²) in [5.41, 5.74) is 5.22. The first kappa shape index (κ1) is 6.94. The molecule has 0 spiro atoms. The summed E-state index contributed by atoms with van der Waals surface area (Å²) in [6.45, 7) is 3.46. The Kier molecular flexibility index (Phi) is 1.54. The van der Waals surface area contributed by atoms with E-state index < -0.39 is 4.92 Å². The van der Waals surface area contributed by atoms with Crippen LogP contribution in [0.3, 0.4) is 0 Å². The van der Waals surface area contributed by atoms with E-state index in [0.717, 1.165) is 11.8 Å². The van der Waals surface area contributed by atoms with Crippen molar-refractivity contribution in [2.45, 2.75) is 0 Å². The second kappa shape index (κ2) is 2.22. The molecule has 0 aliphatic carbocycles. The van der Waals surface area contributed by atoms with Crippen molar-refractivity contribution in [2.75, 3.05) is 0 Å². The van der Waals surface area contributed by atoms with Crippen LogP contribution >= 0.6 is 11.8 Å². The van der Waals surface area contributed by atoms with Gasteiger partial charge in [-0.1, -0.05) is 6.58 Å². The molecule has 5 nitrogen and oxygen atoms in total. The minimum atomic E-state index is -0.537. The Bertz CT molecular complexity index is 235. The lowest BCUT2D eigenvalue weighted by Crippen LogP contribution is -2.14. The number of hydrogen-bond acceptors (Lipinski definition) is 5. The topological polar surface area (TPSA) is 81.2 Å². The van der Waals surface area contributed by atoms with E-state index in [-0.39, 0.29) is 10.9 Å². The number of nitro groups is 1. The van der Waals surface area contributed by atoms with E-state index in [0.29, 0.717) is 5.03 Å². The van der Waals surface area contributed by atoms with Crippen molar-refractivity contribution >= 4 is 11.8 Å². The Morgan fingerprint density at radius 2 is 2.40 bits per heavy atom. The molecule has 0 amide bonds. The molecule has 1 aliphatic rings. The van der Waals surface area contributed by atoms with Crippen molar-refractivity contribution in [3.05, 3.63) is 32.6 Å². The molecule has 1 heterocycles. The Labute approximate surface area is 61.1 Å². The molecule has 1 rings (SSSR count). The van der Waals surface area contributed by atoms with Gasteiger partial charge in [0.1, 0.15) is 0 Å². The first-order chi connectivity index (χ1) is 4.61. The van der Waals surface area contributed by atoms with Gasteiger partial charge in [0, 0.05) is 11.8 Å². The first-order valence-corrected chi connectivity index (χ1v) is 3.21. The molecule has 0 unspecified atom stereocenters. The van der Waals surface area contributed by atoms with Gasteiger partial charge in [-0.25, -0.2) is 0 Å². The van der Waals surface area contributed by atoms with Gasteiger partial charge in [0.25, 0.3) is 0 Å². The van der Waals surface area contributed by atoms with Crippen molar-refractivity contribution in [2.24, 2.45) is 5.73 Å². The summed E-state index contributed by atoms with van der Waals surface area (Å²) in [5, 5.41) is 13.1. The summed E-state index contributed by atoms with van der Waals surface area (Å²) in [6.07, 6.45) is 0. The smallest absolute Gasteiger partial charge is 0.349 e. The zero-order valence-corrected chi connectivity index (χ0v) is 5.77. The van der Waals surface area contributed by atoms with E-state index in [4.69, 9.17) is 5.73 Å². The molecule has 0 aromatic carbocycles. The third-order valence-corrected chi connectivity index (χ3v) is 1.80. The molecule has 0 atom stereocenters. The fourth-order valence-electron chi connectivity index (χ4n) is 0.536. The minimum absolute atomic E-state index is 0.0694. The monoisotopic (exact) mass is 159 g/mol. The minimum Gasteiger partial charge on any atom is -0.379 e. The van der Waals surface area contributed by atoms with Gasteiger partial charge in [0.05, 0.1) is 9.95 Å². The highest BCUT2D eigenvalue weighted by Crippen LogP contribution is 2.29. The third kappa shape index (κ3) is 1.06. The van der Waals surface area contributed by atoms with Crippen molar-refractivity contribution in [3.8, 4) is 0 Å². The summed E-state index contributed by atoms with van der Waals surface area (Å²) in [6, 6.07) is 0. The van der Waals surface area contributed by atoms with Crippen LogP contribution in [0.1, 0.15) is 0 Å². The zero-order chi connectivity index (χ0) is 7.72. The number of rotatable bonds is 1. The molecule has 0 bridgehead atoms. The van der Waals surface area contributed by atoms with Crippen LogP contribution < -0.4 is 11.1 Å². The largest absolute Gasteiger partial charge is 0.379 e. The standard InChI is InChI=1S/C4H5N3O2S/c1-2-6-3(5)4(10-2)7(8)9/h6H,1,5H2. The van der Waals surface area contributed by atoms with Gasteiger partial charge in [-0.3, -0.25) is 10.1 Å². The van der Waals surface area contributed by atoms with E-state index in [1.807, 2.05) is 0 Å². The average Bonchev–Trinajstić information content (AvgIpc) is 2.10. The summed E-state index contributed by atoms with van der Waals surface area (Å²) < 4.78 is 0. The van der Waals surface area contributed by atoms with Gasteiger partial charge in [0.2, 0.25) is 0 Å². The summed E-state index contributed by atoms with van der Waals surface area (Å²) in [4.78, 5) is 9.59. The molecule has 1 aliphatic heterocycles. The molecule has 0 aromatic rings. The molecular weight excluding hydrogens is 154 g/mol. The fourth-order valence-corrected chi connectivity index (χ4v) is 1.17. The molecule has 0 fully saturated rings. The van der Waals surface area contributed by atoms with Crippen LogP contribution in [0.25, 0.3) is 0 Å². The third-order valence-electron chi connectivity index (χ3n) is 0.890. The number of nitrogens with one attached hydrogen (secondary N) is 1. The number of nitrogens with two attached hydrogens (primary N) is 1. The lowest BCUT2D eigenvalue weighted by molar-refractivity contribution is -0.411. The Morgan fingerprint density at radius 3 is 2.60 bits per heavy atom. The highest BCUT2D eigenvalue weighted by atomic mass is 32.2. The summed E-state index contributed by atoms with van der Waals surface area (Å²) >= 11 is 0.932. The number of hydrogen-bond donors (Lipinski definition) is 2. The highest BCUT2D eigenvalue weighted by molar-refractivity contribution is 8.06. The second-order valence-electron chi connectivity index (χ2n) is 1.63. The predicted octanol–water partition coefficient (Wildman–Crippen LogP) is 0.156. The second-order valence-corrected chi connectivity index (χ2v) is 2.71. The van der Waals surface area contributed by atoms with Gasteiger partial charge in [0.15, 0.2) is 5.82 Å². The van der Waals surface area contributed by atoms with Crippen molar-refractivity contribution in [1.29, 1.82) is 0 Å². The Balaban J connectivity index is 2.86. The molecular formula is C4H5N3O2S. The van der Waals surface area contributed by atoms with Crippen LogP contribution in [0.5, 0.6) is 0 Å². The summed E-state index contributed by atoms with van der Waals surface area (Å²) in [5.74, 6) is 0.0694. The molecule has 0 radical (unpaired) electrons. The molecule has 0 aromatic heterocycles. The maximum atomic E-state index is 10.1. The van der Waals surface area contributed by atoms with Crippen molar-refractivity contribution in [1.82, 2.24) is 5.32 Å². The SMILES string of the molecule is C=C1NC(N)=C([N+](=O)[O-])S1. The first-order valence-electron chi connectivity index (χ1n) is 2.39. The lowest BCUT2D eigenvalue weighted by Gasteiger charge is -1.90. The Morgan fingerprint density at radius 1 is 1.80 bits per heavy atom. The van der Waals surface area contributed by atoms with Gasteiger partial charge in [-0.2, -0.15) is 0 Å². The normalized spacial score (nSPS) is 17.4. The van der Waals surface area contributed by atoms with E-state index in [1.54, 1.807) is 0 Å². The van der Waals surface area contributed by atoms with E-state index in [2.05, 4.69) is 11.9 Å². The van der Waals surface area contributed by atoms with E-state index in [1.165, 1.54) is 0 Å². The van der Waals surface area contributed by atoms with Gasteiger partial charge in [-0.05, 0) is 0 Å². The van der Waals surface area contributed by atoms with Crippen LogP contribution in [-0.2, 0) is 0 Å². The zero-order valence-electron chi connectivity index (χ0n) is 4.96. The molecule has 54 valence electrons. The number of nitrogens with zero attached hydrogens (tertiary/aromatic N) is 1. The Hall–Kier alpha value is -1.17. The molecule has 3 N–H and O–H groups in total. The predicted molar refractivity (Wildman–Crippen MR) is 38.1 cm³/mol.